The fourth-order valence-corrected chi connectivity index (χ4v) is 4.20. The zero-order chi connectivity index (χ0) is 25.5. The van der Waals surface area contributed by atoms with Crippen molar-refractivity contribution in [3.63, 3.8) is 0 Å². The van der Waals surface area contributed by atoms with E-state index in [1.54, 1.807) is 24.3 Å². The van der Waals surface area contributed by atoms with Crippen LogP contribution in [-0.4, -0.2) is 34.8 Å². The quantitative estimate of drug-likeness (QED) is 0.418. The molecule has 3 aromatic rings. The fourth-order valence-electron chi connectivity index (χ4n) is 3.63. The van der Waals surface area contributed by atoms with Crippen LogP contribution in [0.25, 0.3) is 11.8 Å². The van der Waals surface area contributed by atoms with E-state index in [4.69, 9.17) is 33.2 Å². The van der Waals surface area contributed by atoms with Crippen LogP contribution in [0.3, 0.4) is 0 Å². The van der Waals surface area contributed by atoms with Gasteiger partial charge in [0.2, 0.25) is 0 Å². The van der Waals surface area contributed by atoms with Crippen molar-refractivity contribution in [2.24, 2.45) is 0 Å². The molecular weight excluding hydrogens is 487 g/mol. The number of nitrogens with one attached hydrogen (secondary N) is 1. The lowest BCUT2D eigenvalue weighted by Gasteiger charge is -2.16. The molecule has 0 aliphatic rings. The first kappa shape index (κ1) is 26.0. The second-order valence-electron chi connectivity index (χ2n) is 7.77. The lowest BCUT2D eigenvalue weighted by atomic mass is 10.1. The Bertz CT molecular complexity index is 1290. The number of aryl methyl sites for hydroxylation is 1. The molecule has 0 bridgehead atoms. The van der Waals surface area contributed by atoms with Crippen molar-refractivity contribution < 1.29 is 14.3 Å². The molecule has 1 N–H and O–H groups in total. The summed E-state index contributed by atoms with van der Waals surface area (Å²) in [4.78, 5) is 24.9. The molecule has 35 heavy (non-hydrogen) atoms. The van der Waals surface area contributed by atoms with Crippen molar-refractivity contribution in [3.8, 4) is 11.8 Å². The Kier molecular flexibility index (Phi) is 8.69. The number of carbonyl (C=O) groups excluding carboxylic acids is 2. The van der Waals surface area contributed by atoms with Crippen molar-refractivity contribution in [2.45, 2.75) is 32.7 Å². The highest BCUT2D eigenvalue weighted by Crippen LogP contribution is 2.24. The lowest BCUT2D eigenvalue weighted by molar-refractivity contribution is -0.142. The van der Waals surface area contributed by atoms with Crippen molar-refractivity contribution >= 4 is 41.2 Å². The molecule has 0 saturated carbocycles. The topological polar surface area (TPSA) is 97.0 Å². The van der Waals surface area contributed by atoms with Crippen LogP contribution in [0.15, 0.2) is 48.5 Å². The van der Waals surface area contributed by atoms with Crippen LogP contribution in [-0.2, 0) is 16.0 Å². The summed E-state index contributed by atoms with van der Waals surface area (Å²) in [5.74, 6) is -1.14. The van der Waals surface area contributed by atoms with Crippen molar-refractivity contribution in [2.75, 3.05) is 7.11 Å². The molecule has 1 aromatic heterocycles. The van der Waals surface area contributed by atoms with E-state index >= 15 is 0 Å². The molecule has 2 aromatic carbocycles. The second kappa shape index (κ2) is 11.7. The van der Waals surface area contributed by atoms with E-state index in [0.29, 0.717) is 6.42 Å². The molecule has 1 amide bonds. The van der Waals surface area contributed by atoms with Gasteiger partial charge in [-0.1, -0.05) is 53.6 Å². The molecule has 9 heteroatoms. The largest absolute Gasteiger partial charge is 0.467 e. The molecule has 1 atom stereocenters. The Labute approximate surface area is 213 Å². The highest BCUT2D eigenvalue weighted by atomic mass is 35.5. The molecule has 0 radical (unpaired) electrons. The number of amides is 1. The third-order valence-corrected chi connectivity index (χ3v) is 6.13. The Morgan fingerprint density at radius 1 is 1.17 bits per heavy atom. The van der Waals surface area contributed by atoms with E-state index in [2.05, 4.69) is 16.5 Å². The van der Waals surface area contributed by atoms with Gasteiger partial charge in [0.05, 0.1) is 46.6 Å². The first-order chi connectivity index (χ1) is 16.8. The smallest absolute Gasteiger partial charge is 0.328 e. The summed E-state index contributed by atoms with van der Waals surface area (Å²) >= 11 is 12.2. The van der Waals surface area contributed by atoms with Gasteiger partial charge in [0.1, 0.15) is 6.04 Å². The monoisotopic (exact) mass is 510 g/mol. The predicted molar refractivity (Wildman–Crippen MR) is 136 cm³/mol. The number of aromatic nitrogens is 2. The molecular formula is C26H24Cl2N4O3. The average molecular weight is 511 g/mol. The van der Waals surface area contributed by atoms with Gasteiger partial charge in [0.25, 0.3) is 5.91 Å². The zero-order valence-electron chi connectivity index (χ0n) is 19.5. The summed E-state index contributed by atoms with van der Waals surface area (Å²) in [5, 5.41) is 16.6. The van der Waals surface area contributed by atoms with Crippen molar-refractivity contribution in [3.05, 3.63) is 86.7 Å². The van der Waals surface area contributed by atoms with Crippen LogP contribution >= 0.6 is 23.2 Å². The number of benzene rings is 2. The summed E-state index contributed by atoms with van der Waals surface area (Å²) in [7, 11) is 1.26. The van der Waals surface area contributed by atoms with E-state index in [1.165, 1.54) is 7.11 Å². The minimum absolute atomic E-state index is 0.103. The molecule has 0 aliphatic carbocycles. The Balaban J connectivity index is 1.71. The minimum atomic E-state index is -0.913. The van der Waals surface area contributed by atoms with Gasteiger partial charge >= 0.3 is 5.97 Å². The Hall–Kier alpha value is -3.60. The minimum Gasteiger partial charge on any atom is -0.467 e. The number of nitrogens with zero attached hydrogens (tertiary/aromatic N) is 3. The van der Waals surface area contributed by atoms with Gasteiger partial charge in [0, 0.05) is 11.3 Å². The maximum Gasteiger partial charge on any atom is 0.328 e. The first-order valence-electron chi connectivity index (χ1n) is 10.8. The fraction of sp³-hybridized carbons (Fsp3) is 0.231. The summed E-state index contributed by atoms with van der Waals surface area (Å²) in [5.41, 5.74) is 4.58. The highest BCUT2D eigenvalue weighted by molar-refractivity contribution is 6.39. The molecule has 0 spiro atoms. The summed E-state index contributed by atoms with van der Waals surface area (Å²) in [6.45, 7) is 3.83. The predicted octanol–water partition coefficient (Wildman–Crippen LogP) is 5.24. The van der Waals surface area contributed by atoms with Gasteiger partial charge < -0.3 is 10.1 Å². The number of ether oxygens (including phenoxy) is 1. The van der Waals surface area contributed by atoms with Crippen LogP contribution in [0.5, 0.6) is 0 Å². The summed E-state index contributed by atoms with van der Waals surface area (Å²) < 4.78 is 6.65. The molecule has 1 heterocycles. The number of hydrogen-bond acceptors (Lipinski definition) is 5. The van der Waals surface area contributed by atoms with Gasteiger partial charge in [-0.3, -0.25) is 4.79 Å². The standard InChI is InChI=1S/C26H24Cl2N4O3/c1-16-20(14-15-29)17(2)32(31-16)19-12-10-18(11-13-19)6-4-9-23(26(34)35-3)30-25(33)24-21(27)7-5-8-22(24)28/h4-8,10-13,23H,9,14H2,1-3H3,(H,30,33)/b6-4+. The number of methoxy groups -OCH3 is 1. The molecule has 3 rings (SSSR count). The van der Waals surface area contributed by atoms with E-state index in [0.717, 1.165) is 28.2 Å². The van der Waals surface area contributed by atoms with Gasteiger partial charge in [-0.15, -0.1) is 0 Å². The Morgan fingerprint density at radius 2 is 1.83 bits per heavy atom. The number of nitriles is 1. The van der Waals surface area contributed by atoms with Crippen molar-refractivity contribution in [1.82, 2.24) is 15.1 Å². The maximum atomic E-state index is 12.7. The number of carbonyl (C=O) groups is 2. The van der Waals surface area contributed by atoms with Gasteiger partial charge in [-0.25, -0.2) is 9.48 Å². The summed E-state index contributed by atoms with van der Waals surface area (Å²) in [6, 6.07) is 13.7. The zero-order valence-corrected chi connectivity index (χ0v) is 21.0. The van der Waals surface area contributed by atoms with E-state index < -0.39 is 17.9 Å². The van der Waals surface area contributed by atoms with E-state index in [-0.39, 0.29) is 22.0 Å². The van der Waals surface area contributed by atoms with Crippen LogP contribution in [0.1, 0.15) is 39.3 Å². The van der Waals surface area contributed by atoms with E-state index in [9.17, 15) is 9.59 Å². The number of esters is 1. The van der Waals surface area contributed by atoms with Crippen LogP contribution in [0.4, 0.5) is 0 Å². The average Bonchev–Trinajstić information content (AvgIpc) is 3.12. The highest BCUT2D eigenvalue weighted by Gasteiger charge is 2.23. The third-order valence-electron chi connectivity index (χ3n) is 5.50. The lowest BCUT2D eigenvalue weighted by Crippen LogP contribution is -2.41. The molecule has 7 nitrogen and oxygen atoms in total. The number of rotatable bonds is 8. The van der Waals surface area contributed by atoms with Gasteiger partial charge in [0.15, 0.2) is 0 Å². The van der Waals surface area contributed by atoms with E-state index in [1.807, 2.05) is 48.9 Å². The maximum absolute atomic E-state index is 12.7. The Morgan fingerprint density at radius 3 is 2.43 bits per heavy atom. The third kappa shape index (κ3) is 6.10. The second-order valence-corrected chi connectivity index (χ2v) is 8.59. The molecule has 0 aliphatic heterocycles. The molecule has 0 saturated heterocycles. The summed E-state index contributed by atoms with van der Waals surface area (Å²) in [6.07, 6.45) is 4.15. The first-order valence-corrected chi connectivity index (χ1v) is 11.5. The molecule has 180 valence electrons. The molecule has 1 unspecified atom stereocenters. The van der Waals surface area contributed by atoms with Crippen LogP contribution < -0.4 is 5.32 Å². The number of hydrogen-bond donors (Lipinski definition) is 1. The molecule has 0 fully saturated rings. The van der Waals surface area contributed by atoms with Crippen LogP contribution in [0.2, 0.25) is 10.0 Å². The van der Waals surface area contributed by atoms with Crippen molar-refractivity contribution in [1.29, 1.82) is 5.26 Å². The SMILES string of the molecule is COC(=O)C(C/C=C/c1ccc(-n2nc(C)c(CC#N)c2C)cc1)NC(=O)c1c(Cl)cccc1Cl. The normalized spacial score (nSPS) is 11.8. The number of halogens is 2. The van der Waals surface area contributed by atoms with Crippen LogP contribution in [0, 0.1) is 25.2 Å². The van der Waals surface area contributed by atoms with Gasteiger partial charge in [-0.05, 0) is 50.1 Å². The van der Waals surface area contributed by atoms with Gasteiger partial charge in [-0.2, -0.15) is 10.4 Å².